The lowest BCUT2D eigenvalue weighted by atomic mass is 10.4. The van der Waals surface area contributed by atoms with E-state index in [1.54, 1.807) is 0 Å². The van der Waals surface area contributed by atoms with Crippen LogP contribution in [0.3, 0.4) is 0 Å². The molecule has 0 N–H and O–H groups in total. The summed E-state index contributed by atoms with van der Waals surface area (Å²) in [5.41, 5.74) is 0. The van der Waals surface area contributed by atoms with Gasteiger partial charge in [-0.3, -0.25) is 0 Å². The summed E-state index contributed by atoms with van der Waals surface area (Å²) in [6, 6.07) is 0. The van der Waals surface area contributed by atoms with Gasteiger partial charge in [0.2, 0.25) is 0 Å². The van der Waals surface area contributed by atoms with E-state index in [-0.39, 0.29) is 0 Å². The predicted octanol–water partition coefficient (Wildman–Crippen LogP) is 2.24. The minimum Gasteiger partial charge on any atom is -0.354 e. The molecule has 0 fully saturated rings. The van der Waals surface area contributed by atoms with Crippen molar-refractivity contribution >= 4 is 28.3 Å². The first-order valence-electron chi connectivity index (χ1n) is 3.16. The zero-order valence-electron chi connectivity index (χ0n) is 5.85. The van der Waals surface area contributed by atoms with E-state index < -0.39 is 0 Å². The van der Waals surface area contributed by atoms with Gasteiger partial charge in [-0.25, -0.2) is 0 Å². The van der Waals surface area contributed by atoms with E-state index in [2.05, 4.69) is 6.92 Å². The van der Waals surface area contributed by atoms with Crippen molar-refractivity contribution in [2.24, 2.45) is 0 Å². The van der Waals surface area contributed by atoms with Gasteiger partial charge in [0.15, 0.2) is 4.45 Å². The lowest BCUT2D eigenvalue weighted by Gasteiger charge is -2.17. The third-order valence-corrected chi connectivity index (χ3v) is 1.62. The smallest absolute Gasteiger partial charge is 0.169 e. The second-order valence-electron chi connectivity index (χ2n) is 1.83. The van der Waals surface area contributed by atoms with Gasteiger partial charge >= 0.3 is 0 Å². The van der Waals surface area contributed by atoms with E-state index in [9.17, 15) is 0 Å². The Morgan fingerprint density at radius 2 is 2.11 bits per heavy atom. The highest BCUT2D eigenvalue weighted by atomic mass is 35.5. The van der Waals surface area contributed by atoms with Crippen molar-refractivity contribution in [2.75, 3.05) is 13.1 Å². The quantitative estimate of drug-likeness (QED) is 0.359. The largest absolute Gasteiger partial charge is 0.354 e. The molecule has 0 aromatic heterocycles. The molecular weight excluding hydrogens is 154 g/mol. The van der Waals surface area contributed by atoms with Gasteiger partial charge in [0.05, 0.1) is 0 Å². The number of halogens is 1. The summed E-state index contributed by atoms with van der Waals surface area (Å²) in [5, 5.41) is 0. The average molecular weight is 166 g/mol. The maximum Gasteiger partial charge on any atom is 0.169 e. The van der Waals surface area contributed by atoms with Gasteiger partial charge in [-0.05, 0) is 25.6 Å². The molecule has 0 unspecified atom stereocenters. The van der Waals surface area contributed by atoms with Crippen molar-refractivity contribution in [1.82, 2.24) is 4.90 Å². The Balaban J connectivity index is 3.54. The molecule has 0 aromatic rings. The van der Waals surface area contributed by atoms with E-state index in [1.807, 2.05) is 11.8 Å². The molecular formula is C6H12ClNS. The van der Waals surface area contributed by atoms with Crippen LogP contribution in [0.1, 0.15) is 20.3 Å². The molecule has 0 spiro atoms. The van der Waals surface area contributed by atoms with Gasteiger partial charge in [-0.1, -0.05) is 18.5 Å². The Morgan fingerprint density at radius 3 is 2.22 bits per heavy atom. The first-order chi connectivity index (χ1) is 4.22. The molecule has 0 aliphatic heterocycles. The van der Waals surface area contributed by atoms with Gasteiger partial charge in [-0.15, -0.1) is 0 Å². The highest BCUT2D eigenvalue weighted by molar-refractivity contribution is 7.83. The van der Waals surface area contributed by atoms with Crippen molar-refractivity contribution in [3.63, 3.8) is 0 Å². The zero-order chi connectivity index (χ0) is 7.28. The first-order valence-corrected chi connectivity index (χ1v) is 3.95. The number of hydrogen-bond donors (Lipinski definition) is 0. The molecule has 0 heterocycles. The lowest BCUT2D eigenvalue weighted by Crippen LogP contribution is -2.26. The zero-order valence-corrected chi connectivity index (χ0v) is 7.43. The summed E-state index contributed by atoms with van der Waals surface area (Å²) in [4.78, 5) is 1.97. The molecule has 3 heteroatoms. The molecule has 1 nitrogen and oxygen atoms in total. The molecule has 0 aliphatic rings. The predicted molar refractivity (Wildman–Crippen MR) is 46.0 cm³/mol. The SMILES string of the molecule is CCCN(CC)C(=S)Cl. The topological polar surface area (TPSA) is 3.24 Å². The minimum absolute atomic E-state index is 0.486. The van der Waals surface area contributed by atoms with E-state index in [0.29, 0.717) is 4.45 Å². The van der Waals surface area contributed by atoms with Crippen molar-refractivity contribution in [3.05, 3.63) is 0 Å². The van der Waals surface area contributed by atoms with Crippen LogP contribution in [0.15, 0.2) is 0 Å². The number of nitrogens with zero attached hydrogens (tertiary/aromatic N) is 1. The third kappa shape index (κ3) is 3.71. The normalized spacial score (nSPS) is 9.22. The number of hydrogen-bond acceptors (Lipinski definition) is 1. The Bertz CT molecular complexity index is 95.1. The molecule has 0 rings (SSSR count). The van der Waals surface area contributed by atoms with Crippen LogP contribution in [0.4, 0.5) is 0 Å². The van der Waals surface area contributed by atoms with Gasteiger partial charge in [0, 0.05) is 13.1 Å². The second kappa shape index (κ2) is 5.00. The Morgan fingerprint density at radius 1 is 1.56 bits per heavy atom. The van der Waals surface area contributed by atoms with Gasteiger partial charge in [-0.2, -0.15) is 0 Å². The summed E-state index contributed by atoms with van der Waals surface area (Å²) in [6.07, 6.45) is 1.10. The van der Waals surface area contributed by atoms with Crippen LogP contribution in [0.5, 0.6) is 0 Å². The molecule has 0 radical (unpaired) electrons. The molecule has 0 atom stereocenters. The number of thiocarbonyl (C=S) groups is 1. The summed E-state index contributed by atoms with van der Waals surface area (Å²) < 4.78 is 0.486. The van der Waals surface area contributed by atoms with Gasteiger partial charge < -0.3 is 4.90 Å². The van der Waals surface area contributed by atoms with Crippen LogP contribution in [0, 0.1) is 0 Å². The summed E-state index contributed by atoms with van der Waals surface area (Å²) in [6.45, 7) is 6.04. The Hall–Kier alpha value is 0.180. The van der Waals surface area contributed by atoms with Crippen molar-refractivity contribution in [3.8, 4) is 0 Å². The van der Waals surface area contributed by atoms with Crippen LogP contribution in [0.2, 0.25) is 0 Å². The third-order valence-electron chi connectivity index (χ3n) is 1.12. The molecule has 54 valence electrons. The van der Waals surface area contributed by atoms with Gasteiger partial charge in [0.1, 0.15) is 0 Å². The van der Waals surface area contributed by atoms with E-state index in [0.717, 1.165) is 19.5 Å². The minimum atomic E-state index is 0.486. The van der Waals surface area contributed by atoms with E-state index >= 15 is 0 Å². The highest BCUT2D eigenvalue weighted by Gasteiger charge is 2.00. The Labute approximate surface area is 67.0 Å². The summed E-state index contributed by atoms with van der Waals surface area (Å²) >= 11 is 10.4. The van der Waals surface area contributed by atoms with E-state index in [4.69, 9.17) is 23.8 Å². The fraction of sp³-hybridized carbons (Fsp3) is 0.833. The molecule has 0 amide bonds. The standard InChI is InChI=1S/C6H12ClNS/c1-3-5-8(4-2)6(7)9/h3-5H2,1-2H3. The molecule has 9 heavy (non-hydrogen) atoms. The van der Waals surface area contributed by atoms with Crippen molar-refractivity contribution < 1.29 is 0 Å². The Kier molecular flexibility index (Phi) is 5.10. The second-order valence-corrected chi connectivity index (χ2v) is 2.80. The highest BCUT2D eigenvalue weighted by Crippen LogP contribution is 1.97. The molecule has 0 saturated heterocycles. The molecule has 0 aliphatic carbocycles. The number of rotatable bonds is 3. The molecule has 0 bridgehead atoms. The first kappa shape index (κ1) is 9.18. The van der Waals surface area contributed by atoms with E-state index in [1.165, 1.54) is 0 Å². The summed E-state index contributed by atoms with van der Waals surface area (Å²) in [5.74, 6) is 0. The maximum atomic E-state index is 5.58. The van der Waals surface area contributed by atoms with Crippen LogP contribution >= 0.6 is 23.8 Å². The lowest BCUT2D eigenvalue weighted by molar-refractivity contribution is 0.453. The fourth-order valence-electron chi connectivity index (χ4n) is 0.640. The summed E-state index contributed by atoms with van der Waals surface area (Å²) in [7, 11) is 0. The average Bonchev–Trinajstić information content (AvgIpc) is 1.82. The maximum absolute atomic E-state index is 5.58. The monoisotopic (exact) mass is 165 g/mol. The van der Waals surface area contributed by atoms with Crippen molar-refractivity contribution in [2.45, 2.75) is 20.3 Å². The molecule has 0 aromatic carbocycles. The molecule has 0 saturated carbocycles. The van der Waals surface area contributed by atoms with Gasteiger partial charge in [0.25, 0.3) is 0 Å². The van der Waals surface area contributed by atoms with Crippen LogP contribution < -0.4 is 0 Å². The van der Waals surface area contributed by atoms with Crippen LogP contribution in [0.25, 0.3) is 0 Å². The van der Waals surface area contributed by atoms with Crippen LogP contribution in [-0.2, 0) is 0 Å². The van der Waals surface area contributed by atoms with Crippen molar-refractivity contribution in [1.29, 1.82) is 0 Å². The van der Waals surface area contributed by atoms with Crippen LogP contribution in [-0.4, -0.2) is 22.4 Å². The fourth-order valence-corrected chi connectivity index (χ4v) is 1.06.